The maximum absolute atomic E-state index is 12.9. The molecule has 6 heteroatoms. The zero-order valence-electron chi connectivity index (χ0n) is 17.3. The molecule has 0 bridgehead atoms. The number of ether oxygens (including phenoxy) is 1. The van der Waals surface area contributed by atoms with E-state index in [-0.39, 0.29) is 11.9 Å². The Hall–Kier alpha value is -3.12. The number of amides is 2. The molecule has 2 aromatic carbocycles. The fourth-order valence-corrected chi connectivity index (χ4v) is 3.70. The minimum Gasteiger partial charge on any atom is -0.444 e. The summed E-state index contributed by atoms with van der Waals surface area (Å²) in [6.07, 6.45) is -0.467. The summed E-state index contributed by atoms with van der Waals surface area (Å²) in [6.45, 7) is 5.79. The molecule has 0 spiro atoms. The van der Waals surface area contributed by atoms with Crippen LogP contribution in [-0.2, 0) is 11.3 Å². The minimum absolute atomic E-state index is 0.149. The van der Waals surface area contributed by atoms with Gasteiger partial charge in [0.25, 0.3) is 5.91 Å². The molecule has 5 nitrogen and oxygen atoms in total. The van der Waals surface area contributed by atoms with Crippen LogP contribution in [0, 0.1) is 0 Å². The topological polar surface area (TPSA) is 67.4 Å². The van der Waals surface area contributed by atoms with Gasteiger partial charge in [0.05, 0.1) is 6.04 Å². The second kappa shape index (κ2) is 9.59. The van der Waals surface area contributed by atoms with Gasteiger partial charge in [-0.1, -0.05) is 48.5 Å². The van der Waals surface area contributed by atoms with Gasteiger partial charge in [0.2, 0.25) is 0 Å². The highest BCUT2D eigenvalue weighted by molar-refractivity contribution is 7.10. The predicted molar refractivity (Wildman–Crippen MR) is 120 cm³/mol. The zero-order chi connectivity index (χ0) is 21.6. The number of nitrogens with one attached hydrogen (secondary N) is 2. The lowest BCUT2D eigenvalue weighted by molar-refractivity contribution is 0.0523. The third-order valence-corrected chi connectivity index (χ3v) is 5.23. The van der Waals surface area contributed by atoms with Gasteiger partial charge in [-0.2, -0.15) is 0 Å². The lowest BCUT2D eigenvalue weighted by Crippen LogP contribution is -2.32. The van der Waals surface area contributed by atoms with Gasteiger partial charge in [-0.15, -0.1) is 11.3 Å². The van der Waals surface area contributed by atoms with Crippen molar-refractivity contribution in [2.45, 2.75) is 39.0 Å². The predicted octanol–water partition coefficient (Wildman–Crippen LogP) is 5.29. The molecule has 0 saturated carbocycles. The van der Waals surface area contributed by atoms with E-state index in [1.807, 2.05) is 80.7 Å². The first-order valence-corrected chi connectivity index (χ1v) is 10.6. The summed E-state index contributed by atoms with van der Waals surface area (Å²) in [5, 5.41) is 7.85. The van der Waals surface area contributed by atoms with Gasteiger partial charge in [0.1, 0.15) is 5.60 Å². The molecule has 0 saturated heterocycles. The Bertz CT molecular complexity index is 962. The first-order valence-electron chi connectivity index (χ1n) is 9.77. The molecule has 2 amide bonds. The van der Waals surface area contributed by atoms with Gasteiger partial charge in [-0.25, -0.2) is 4.79 Å². The molecule has 1 heterocycles. The van der Waals surface area contributed by atoms with Crippen LogP contribution in [-0.4, -0.2) is 17.6 Å². The highest BCUT2D eigenvalue weighted by Gasteiger charge is 2.19. The Balaban J connectivity index is 1.64. The molecule has 156 valence electrons. The fourth-order valence-electron chi connectivity index (χ4n) is 2.90. The van der Waals surface area contributed by atoms with Crippen molar-refractivity contribution in [3.05, 3.63) is 93.7 Å². The summed E-state index contributed by atoms with van der Waals surface area (Å²) in [5.74, 6) is -0.149. The van der Waals surface area contributed by atoms with Crippen LogP contribution in [0.4, 0.5) is 4.79 Å². The Morgan fingerprint density at radius 1 is 0.967 bits per heavy atom. The summed E-state index contributed by atoms with van der Waals surface area (Å²) in [6, 6.07) is 20.9. The maximum atomic E-state index is 12.9. The second-order valence-corrected chi connectivity index (χ2v) is 8.86. The molecule has 0 aliphatic carbocycles. The van der Waals surface area contributed by atoms with Crippen LogP contribution in [0.25, 0.3) is 0 Å². The largest absolute Gasteiger partial charge is 0.444 e. The first-order chi connectivity index (χ1) is 14.3. The number of hydrogen-bond acceptors (Lipinski definition) is 4. The van der Waals surface area contributed by atoms with E-state index in [2.05, 4.69) is 10.6 Å². The van der Waals surface area contributed by atoms with Gasteiger partial charge in [0, 0.05) is 17.0 Å². The van der Waals surface area contributed by atoms with Gasteiger partial charge >= 0.3 is 6.09 Å². The normalized spacial score (nSPS) is 12.1. The van der Waals surface area contributed by atoms with E-state index >= 15 is 0 Å². The van der Waals surface area contributed by atoms with E-state index < -0.39 is 11.7 Å². The molecule has 0 aliphatic rings. The molecular weight excluding hydrogens is 396 g/mol. The third kappa shape index (κ3) is 6.19. The number of rotatable bonds is 6. The van der Waals surface area contributed by atoms with E-state index in [4.69, 9.17) is 4.74 Å². The van der Waals surface area contributed by atoms with Gasteiger partial charge in [-0.05, 0) is 55.5 Å². The highest BCUT2D eigenvalue weighted by atomic mass is 32.1. The Labute approximate surface area is 181 Å². The van der Waals surface area contributed by atoms with Crippen LogP contribution >= 0.6 is 11.3 Å². The number of thiophene rings is 1. The summed E-state index contributed by atoms with van der Waals surface area (Å²) >= 11 is 1.61. The van der Waals surface area contributed by atoms with E-state index in [9.17, 15) is 9.59 Å². The van der Waals surface area contributed by atoms with E-state index in [1.54, 1.807) is 23.5 Å². The quantitative estimate of drug-likeness (QED) is 0.567. The lowest BCUT2D eigenvalue weighted by Gasteiger charge is -2.20. The number of benzene rings is 2. The van der Waals surface area contributed by atoms with Crippen molar-refractivity contribution in [3.63, 3.8) is 0 Å². The van der Waals surface area contributed by atoms with Crippen molar-refractivity contribution in [1.82, 2.24) is 10.6 Å². The standard InChI is InChI=1S/C24H26N2O3S/c1-24(2,3)29-23(28)25-16-17-11-13-19(14-12-17)22(27)26-21(20-10-7-15-30-20)18-8-5-4-6-9-18/h4-15,21H,16H2,1-3H3,(H,25,28)(H,26,27). The number of carbonyl (C=O) groups is 2. The average Bonchev–Trinajstić information content (AvgIpc) is 3.24. The van der Waals surface area contributed by atoms with Crippen molar-refractivity contribution in [2.24, 2.45) is 0 Å². The molecule has 30 heavy (non-hydrogen) atoms. The Morgan fingerprint density at radius 3 is 2.27 bits per heavy atom. The summed E-state index contributed by atoms with van der Waals surface area (Å²) in [4.78, 5) is 25.7. The van der Waals surface area contributed by atoms with Crippen LogP contribution in [0.5, 0.6) is 0 Å². The number of hydrogen-bond donors (Lipinski definition) is 2. The van der Waals surface area contributed by atoms with E-state index in [1.165, 1.54) is 0 Å². The molecule has 3 rings (SSSR count). The average molecular weight is 423 g/mol. The molecule has 1 atom stereocenters. The van der Waals surface area contributed by atoms with Crippen LogP contribution in [0.1, 0.15) is 53.2 Å². The van der Waals surface area contributed by atoms with Crippen molar-refractivity contribution >= 4 is 23.3 Å². The summed E-state index contributed by atoms with van der Waals surface area (Å²) in [5.41, 5.74) is 1.94. The first kappa shape index (κ1) is 21.6. The molecule has 1 unspecified atom stereocenters. The number of carbonyl (C=O) groups excluding carboxylic acids is 2. The van der Waals surface area contributed by atoms with Crippen LogP contribution in [0.3, 0.4) is 0 Å². The fraction of sp³-hybridized carbons (Fsp3) is 0.250. The zero-order valence-corrected chi connectivity index (χ0v) is 18.2. The molecular formula is C24H26N2O3S. The van der Waals surface area contributed by atoms with Crippen molar-refractivity contribution in [3.8, 4) is 0 Å². The molecule has 0 aliphatic heterocycles. The monoisotopic (exact) mass is 422 g/mol. The van der Waals surface area contributed by atoms with Crippen LogP contribution in [0.2, 0.25) is 0 Å². The Kier molecular flexibility index (Phi) is 6.90. The van der Waals surface area contributed by atoms with Gasteiger partial charge in [0.15, 0.2) is 0 Å². The second-order valence-electron chi connectivity index (χ2n) is 7.88. The molecule has 0 radical (unpaired) electrons. The molecule has 3 aromatic rings. The van der Waals surface area contributed by atoms with E-state index in [0.29, 0.717) is 12.1 Å². The summed E-state index contributed by atoms with van der Waals surface area (Å²) in [7, 11) is 0. The van der Waals surface area contributed by atoms with Crippen LogP contribution < -0.4 is 10.6 Å². The SMILES string of the molecule is CC(C)(C)OC(=O)NCc1ccc(C(=O)NC(c2ccccc2)c2cccs2)cc1. The molecule has 0 fully saturated rings. The third-order valence-electron chi connectivity index (χ3n) is 4.29. The number of alkyl carbamates (subject to hydrolysis) is 1. The summed E-state index contributed by atoms with van der Waals surface area (Å²) < 4.78 is 5.23. The lowest BCUT2D eigenvalue weighted by atomic mass is 10.0. The molecule has 1 aromatic heterocycles. The van der Waals surface area contributed by atoms with Crippen molar-refractivity contribution in [1.29, 1.82) is 0 Å². The van der Waals surface area contributed by atoms with Crippen molar-refractivity contribution < 1.29 is 14.3 Å². The minimum atomic E-state index is -0.538. The van der Waals surface area contributed by atoms with Crippen LogP contribution in [0.15, 0.2) is 72.1 Å². The van der Waals surface area contributed by atoms with Crippen molar-refractivity contribution in [2.75, 3.05) is 0 Å². The van der Waals surface area contributed by atoms with Gasteiger partial charge in [-0.3, -0.25) is 4.79 Å². The highest BCUT2D eigenvalue weighted by Crippen LogP contribution is 2.26. The van der Waals surface area contributed by atoms with E-state index in [0.717, 1.165) is 16.0 Å². The smallest absolute Gasteiger partial charge is 0.407 e. The Morgan fingerprint density at radius 2 is 1.67 bits per heavy atom. The van der Waals surface area contributed by atoms with Gasteiger partial charge < -0.3 is 15.4 Å². The molecule has 2 N–H and O–H groups in total. The maximum Gasteiger partial charge on any atom is 0.407 e.